The fraction of sp³-hybridized carbons (Fsp3) is 0.217. The molecule has 1 aliphatic rings. The number of ether oxygens (including phenoxy) is 1. The number of carbonyl (C=O) groups excluding carboxylic acids is 1. The lowest BCUT2D eigenvalue weighted by molar-refractivity contribution is 0.0951. The summed E-state index contributed by atoms with van der Waals surface area (Å²) in [4.78, 5) is 19.0. The summed E-state index contributed by atoms with van der Waals surface area (Å²) >= 11 is 0. The molecule has 1 fully saturated rings. The fourth-order valence-electron chi connectivity index (χ4n) is 3.34. The van der Waals surface area contributed by atoms with E-state index in [0.29, 0.717) is 31.0 Å². The van der Waals surface area contributed by atoms with Gasteiger partial charge in [0.15, 0.2) is 0 Å². The lowest BCUT2D eigenvalue weighted by atomic mass is 10.2. The first-order valence-corrected chi connectivity index (χ1v) is 11.8. The van der Waals surface area contributed by atoms with Gasteiger partial charge in [-0.25, -0.2) is 17.8 Å². The van der Waals surface area contributed by atoms with Crippen LogP contribution < -0.4 is 14.9 Å². The Hall–Kier alpha value is -3.50. The summed E-state index contributed by atoms with van der Waals surface area (Å²) in [5.74, 6) is 0.0453. The second-order valence-electron chi connectivity index (χ2n) is 7.44. The second-order valence-corrected chi connectivity index (χ2v) is 9.12. The molecule has 4 rings (SSSR count). The maximum Gasteiger partial charge on any atom is 0.261 e. The highest BCUT2D eigenvalue weighted by atomic mass is 32.2. The van der Waals surface area contributed by atoms with Crippen molar-refractivity contribution < 1.29 is 22.3 Å². The molecule has 2 N–H and O–H groups in total. The molecule has 3 aromatic rings. The summed E-state index contributed by atoms with van der Waals surface area (Å²) in [6, 6.07) is 14.4. The predicted molar refractivity (Wildman–Crippen MR) is 122 cm³/mol. The van der Waals surface area contributed by atoms with E-state index in [-0.39, 0.29) is 10.8 Å². The third kappa shape index (κ3) is 5.85. The van der Waals surface area contributed by atoms with Crippen LogP contribution in [0.2, 0.25) is 0 Å². The third-order valence-electron chi connectivity index (χ3n) is 5.12. The van der Waals surface area contributed by atoms with Crippen LogP contribution in [0.15, 0.2) is 71.8 Å². The van der Waals surface area contributed by atoms with Crippen molar-refractivity contribution in [2.24, 2.45) is 0 Å². The minimum Gasteiger partial charge on any atom is -0.378 e. The van der Waals surface area contributed by atoms with Gasteiger partial charge in [-0.2, -0.15) is 0 Å². The monoisotopic (exact) mass is 470 g/mol. The summed E-state index contributed by atoms with van der Waals surface area (Å²) in [7, 11) is -3.86. The number of carbonyl (C=O) groups is 1. The van der Waals surface area contributed by atoms with Crippen molar-refractivity contribution in [2.45, 2.75) is 11.4 Å². The second kappa shape index (κ2) is 9.97. The van der Waals surface area contributed by atoms with Crippen molar-refractivity contribution in [1.29, 1.82) is 0 Å². The van der Waals surface area contributed by atoms with Crippen LogP contribution in [0.3, 0.4) is 0 Å². The first-order valence-electron chi connectivity index (χ1n) is 10.3. The molecular formula is C23H23FN4O4S. The van der Waals surface area contributed by atoms with E-state index in [0.717, 1.165) is 36.6 Å². The SMILES string of the molecule is O=C(NCc1ccnc(N2CCOCC2)c1)c1ccc(NS(=O)(=O)c2ccc(F)cc2)cc1. The zero-order valence-electron chi connectivity index (χ0n) is 17.7. The first-order chi connectivity index (χ1) is 15.9. The molecule has 0 bridgehead atoms. The fourth-order valence-corrected chi connectivity index (χ4v) is 4.40. The van der Waals surface area contributed by atoms with Gasteiger partial charge in [-0.1, -0.05) is 0 Å². The molecule has 33 heavy (non-hydrogen) atoms. The van der Waals surface area contributed by atoms with E-state index in [1.165, 1.54) is 36.4 Å². The minimum atomic E-state index is -3.86. The summed E-state index contributed by atoms with van der Waals surface area (Å²) < 4.78 is 45.6. The molecule has 8 nitrogen and oxygen atoms in total. The Morgan fingerprint density at radius 1 is 1.03 bits per heavy atom. The van der Waals surface area contributed by atoms with Gasteiger partial charge in [0.05, 0.1) is 18.1 Å². The molecule has 1 amide bonds. The Balaban J connectivity index is 1.35. The Morgan fingerprint density at radius 3 is 2.42 bits per heavy atom. The van der Waals surface area contributed by atoms with Gasteiger partial charge in [0, 0.05) is 37.1 Å². The van der Waals surface area contributed by atoms with Crippen LogP contribution in [-0.4, -0.2) is 45.6 Å². The van der Waals surface area contributed by atoms with Gasteiger partial charge >= 0.3 is 0 Å². The number of pyridine rings is 1. The molecule has 10 heteroatoms. The number of nitrogens with one attached hydrogen (secondary N) is 2. The smallest absolute Gasteiger partial charge is 0.261 e. The molecule has 1 aliphatic heterocycles. The normalized spacial score (nSPS) is 14.0. The zero-order chi connectivity index (χ0) is 23.3. The molecule has 0 atom stereocenters. The highest BCUT2D eigenvalue weighted by Gasteiger charge is 2.15. The molecule has 2 heterocycles. The topological polar surface area (TPSA) is 101 Å². The molecule has 0 unspecified atom stereocenters. The number of anilines is 2. The highest BCUT2D eigenvalue weighted by molar-refractivity contribution is 7.92. The van der Waals surface area contributed by atoms with E-state index in [1.54, 1.807) is 6.20 Å². The zero-order valence-corrected chi connectivity index (χ0v) is 18.5. The van der Waals surface area contributed by atoms with Crippen LogP contribution in [0.5, 0.6) is 0 Å². The number of sulfonamides is 1. The number of nitrogens with zero attached hydrogens (tertiary/aromatic N) is 2. The molecule has 0 aliphatic carbocycles. The van der Waals surface area contributed by atoms with Gasteiger partial charge in [0.25, 0.3) is 15.9 Å². The average Bonchev–Trinajstić information content (AvgIpc) is 2.84. The molecule has 1 aromatic heterocycles. The summed E-state index contributed by atoms with van der Waals surface area (Å²) in [6.45, 7) is 3.22. The van der Waals surface area contributed by atoms with Gasteiger partial charge in [-0.3, -0.25) is 9.52 Å². The van der Waals surface area contributed by atoms with E-state index in [9.17, 15) is 17.6 Å². The number of hydrogen-bond acceptors (Lipinski definition) is 6. The largest absolute Gasteiger partial charge is 0.378 e. The number of morpholine rings is 1. The minimum absolute atomic E-state index is 0.0560. The Kier molecular flexibility index (Phi) is 6.85. The van der Waals surface area contributed by atoms with Gasteiger partial charge in [0.1, 0.15) is 11.6 Å². The van der Waals surface area contributed by atoms with Crippen molar-refractivity contribution in [3.8, 4) is 0 Å². The van der Waals surface area contributed by atoms with Crippen LogP contribution in [0.4, 0.5) is 15.9 Å². The Bertz CT molecular complexity index is 1210. The van der Waals surface area contributed by atoms with Gasteiger partial charge in [-0.15, -0.1) is 0 Å². The standard InChI is InChI=1S/C23H23FN4O4S/c24-19-3-7-21(8-4-19)33(30,31)27-20-5-1-18(2-6-20)23(29)26-16-17-9-10-25-22(15-17)28-11-13-32-14-12-28/h1-10,15,27H,11-14,16H2,(H,26,29). The van der Waals surface area contributed by atoms with E-state index in [2.05, 4.69) is 19.9 Å². The van der Waals surface area contributed by atoms with Crippen molar-refractivity contribution in [3.05, 3.63) is 83.8 Å². The van der Waals surface area contributed by atoms with Gasteiger partial charge in [-0.05, 0) is 66.2 Å². The van der Waals surface area contributed by atoms with Gasteiger partial charge < -0.3 is 15.0 Å². The maximum atomic E-state index is 13.0. The molecule has 0 spiro atoms. The number of rotatable bonds is 7. The van der Waals surface area contributed by atoms with Crippen molar-refractivity contribution >= 4 is 27.4 Å². The number of halogens is 1. The lowest BCUT2D eigenvalue weighted by Gasteiger charge is -2.28. The van der Waals surface area contributed by atoms with Crippen molar-refractivity contribution in [2.75, 3.05) is 35.9 Å². The van der Waals surface area contributed by atoms with Crippen molar-refractivity contribution in [1.82, 2.24) is 10.3 Å². The lowest BCUT2D eigenvalue weighted by Crippen LogP contribution is -2.36. The first kappa shape index (κ1) is 22.7. The van der Waals surface area contributed by atoms with E-state index >= 15 is 0 Å². The van der Waals surface area contributed by atoms with Crippen LogP contribution >= 0.6 is 0 Å². The molecule has 0 radical (unpaired) electrons. The van der Waals surface area contributed by atoms with Crippen molar-refractivity contribution in [3.63, 3.8) is 0 Å². The van der Waals surface area contributed by atoms with E-state index in [1.807, 2.05) is 12.1 Å². The predicted octanol–water partition coefficient (Wildman–Crippen LogP) is 2.79. The molecular weight excluding hydrogens is 447 g/mol. The van der Waals surface area contributed by atoms with Crippen LogP contribution in [0, 0.1) is 5.82 Å². The van der Waals surface area contributed by atoms with E-state index in [4.69, 9.17) is 4.74 Å². The quantitative estimate of drug-likeness (QED) is 0.551. The summed E-state index contributed by atoms with van der Waals surface area (Å²) in [5.41, 5.74) is 1.60. The van der Waals surface area contributed by atoms with Crippen LogP contribution in [-0.2, 0) is 21.3 Å². The average molecular weight is 471 g/mol. The molecule has 172 valence electrons. The number of benzene rings is 2. The number of hydrogen-bond donors (Lipinski definition) is 2. The Labute approximate surface area is 191 Å². The maximum absolute atomic E-state index is 13.0. The number of amides is 1. The highest BCUT2D eigenvalue weighted by Crippen LogP contribution is 2.18. The number of aromatic nitrogens is 1. The van der Waals surface area contributed by atoms with Crippen LogP contribution in [0.25, 0.3) is 0 Å². The van der Waals surface area contributed by atoms with E-state index < -0.39 is 15.8 Å². The molecule has 0 saturated carbocycles. The summed E-state index contributed by atoms with van der Waals surface area (Å²) in [6.07, 6.45) is 1.72. The van der Waals surface area contributed by atoms with Crippen LogP contribution in [0.1, 0.15) is 15.9 Å². The molecule has 2 aromatic carbocycles. The summed E-state index contributed by atoms with van der Waals surface area (Å²) in [5, 5.41) is 2.86. The molecule has 1 saturated heterocycles. The Morgan fingerprint density at radius 2 is 1.73 bits per heavy atom. The third-order valence-corrected chi connectivity index (χ3v) is 6.52. The van der Waals surface area contributed by atoms with Gasteiger partial charge in [0.2, 0.25) is 0 Å².